The highest BCUT2D eigenvalue weighted by atomic mass is 16.6. The minimum Gasteiger partial charge on any atom is -0.462 e. The number of allylic oxidation sites excluding steroid dienone is 22. The van der Waals surface area contributed by atoms with Crippen molar-refractivity contribution in [1.82, 2.24) is 0 Å². The lowest BCUT2D eigenvalue weighted by Gasteiger charge is -2.18. The second kappa shape index (κ2) is 62.1. The lowest BCUT2D eigenvalue weighted by molar-refractivity contribution is -0.167. The van der Waals surface area contributed by atoms with E-state index >= 15 is 0 Å². The van der Waals surface area contributed by atoms with E-state index in [1.54, 1.807) is 0 Å². The topological polar surface area (TPSA) is 78.9 Å². The molecule has 75 heavy (non-hydrogen) atoms. The van der Waals surface area contributed by atoms with Crippen molar-refractivity contribution in [3.63, 3.8) is 0 Å². The molecule has 6 nitrogen and oxygen atoms in total. The minimum atomic E-state index is -0.802. The van der Waals surface area contributed by atoms with Crippen LogP contribution in [-0.2, 0) is 28.6 Å². The zero-order chi connectivity index (χ0) is 54.3. The van der Waals surface area contributed by atoms with Gasteiger partial charge in [0.25, 0.3) is 0 Å². The van der Waals surface area contributed by atoms with Crippen molar-refractivity contribution in [2.24, 2.45) is 0 Å². The molecule has 0 aliphatic heterocycles. The Hall–Kier alpha value is -4.45. The summed E-state index contributed by atoms with van der Waals surface area (Å²) in [6.07, 6.45) is 87.4. The first kappa shape index (κ1) is 70.5. The molecule has 1 atom stereocenters. The SMILES string of the molecule is CC/C=C\C/C=C\C/C=C\C/C=C\C/C=C\CCCCCCCCCCCCCC(=O)OCC(COC(=O)CCCCC/C=C\C/C=C\C/C=C\CC)OC(=O)CCCCCCCCC/C=C\C/C=C\C/C=C\CC. The number of ether oxygens (including phenoxy) is 3. The Morgan fingerprint density at radius 3 is 0.760 bits per heavy atom. The number of unbranched alkanes of at least 4 members (excludes halogenated alkanes) is 21. The van der Waals surface area contributed by atoms with Crippen LogP contribution in [0.1, 0.15) is 265 Å². The van der Waals surface area contributed by atoms with Gasteiger partial charge in [0.05, 0.1) is 0 Å². The number of esters is 3. The lowest BCUT2D eigenvalue weighted by Crippen LogP contribution is -2.30. The molecule has 0 aliphatic carbocycles. The molecule has 424 valence electrons. The fraction of sp³-hybridized carbons (Fsp3) is 0.638. The Balaban J connectivity index is 4.34. The summed E-state index contributed by atoms with van der Waals surface area (Å²) in [6.45, 7) is 6.27. The van der Waals surface area contributed by atoms with Crippen molar-refractivity contribution >= 4 is 17.9 Å². The molecular weight excluding hydrogens is 925 g/mol. The zero-order valence-electron chi connectivity index (χ0n) is 48.5. The van der Waals surface area contributed by atoms with Crippen LogP contribution in [0.4, 0.5) is 0 Å². The second-order valence-electron chi connectivity index (χ2n) is 19.8. The fourth-order valence-electron chi connectivity index (χ4n) is 8.15. The second-order valence-corrected chi connectivity index (χ2v) is 19.8. The van der Waals surface area contributed by atoms with Crippen LogP contribution < -0.4 is 0 Å². The van der Waals surface area contributed by atoms with Crippen LogP contribution in [-0.4, -0.2) is 37.2 Å². The molecule has 0 amide bonds. The van der Waals surface area contributed by atoms with Gasteiger partial charge in [-0.15, -0.1) is 0 Å². The smallest absolute Gasteiger partial charge is 0.306 e. The molecule has 0 aromatic carbocycles. The van der Waals surface area contributed by atoms with Crippen LogP contribution in [0.2, 0.25) is 0 Å². The number of hydrogen-bond donors (Lipinski definition) is 0. The number of rotatable bonds is 54. The summed E-state index contributed by atoms with van der Waals surface area (Å²) in [6, 6.07) is 0. The van der Waals surface area contributed by atoms with Gasteiger partial charge in [0, 0.05) is 19.3 Å². The molecular formula is C69H112O6. The van der Waals surface area contributed by atoms with Gasteiger partial charge >= 0.3 is 17.9 Å². The molecule has 6 heteroatoms. The highest BCUT2D eigenvalue weighted by molar-refractivity contribution is 5.71. The summed E-state index contributed by atoms with van der Waals surface area (Å²) < 4.78 is 16.9. The van der Waals surface area contributed by atoms with E-state index in [1.165, 1.54) is 83.5 Å². The molecule has 1 unspecified atom stereocenters. The summed E-state index contributed by atoms with van der Waals surface area (Å²) in [5.41, 5.74) is 0. The molecule has 0 aliphatic rings. The molecule has 0 N–H and O–H groups in total. The fourth-order valence-corrected chi connectivity index (χ4v) is 8.15. The van der Waals surface area contributed by atoms with Gasteiger partial charge in [-0.25, -0.2) is 0 Å². The zero-order valence-corrected chi connectivity index (χ0v) is 48.5. The Labute approximate surface area is 462 Å². The number of hydrogen-bond acceptors (Lipinski definition) is 6. The standard InChI is InChI=1S/C69H112O6/c1-4-7-10-13-16-19-22-25-27-29-30-31-32-33-34-35-36-37-38-40-41-44-47-50-53-56-59-62-68(71)74-65-66(64-73-67(70)61-58-55-52-49-46-43-24-21-18-15-12-9-6-3)75-69(72)63-60-57-54-51-48-45-42-39-28-26-23-20-17-14-11-8-5-2/h7-12,16-21,25-28,30-31,33-34,43,46,66H,4-6,13-15,22-24,29,32,35-42,44-45,47-65H2,1-3H3/b10-7-,11-8-,12-9-,19-16-,20-17-,21-18-,27-25-,28-26-,31-30-,34-33-,46-43-. The van der Waals surface area contributed by atoms with Crippen LogP contribution in [0.3, 0.4) is 0 Å². The maximum atomic E-state index is 12.9. The van der Waals surface area contributed by atoms with E-state index in [9.17, 15) is 14.4 Å². The van der Waals surface area contributed by atoms with Crippen LogP contribution >= 0.6 is 0 Å². The van der Waals surface area contributed by atoms with Gasteiger partial charge in [0.1, 0.15) is 13.2 Å². The average molecular weight is 1040 g/mol. The van der Waals surface area contributed by atoms with E-state index < -0.39 is 6.10 Å². The Bertz CT molecular complexity index is 1620. The van der Waals surface area contributed by atoms with Gasteiger partial charge in [0.2, 0.25) is 0 Å². The van der Waals surface area contributed by atoms with Crippen LogP contribution in [0.5, 0.6) is 0 Å². The quantitative estimate of drug-likeness (QED) is 0.0261. The monoisotopic (exact) mass is 1040 g/mol. The van der Waals surface area contributed by atoms with E-state index in [0.29, 0.717) is 19.3 Å². The predicted molar refractivity (Wildman–Crippen MR) is 325 cm³/mol. The Morgan fingerprint density at radius 1 is 0.267 bits per heavy atom. The van der Waals surface area contributed by atoms with Gasteiger partial charge in [-0.3, -0.25) is 14.4 Å². The van der Waals surface area contributed by atoms with E-state index in [4.69, 9.17) is 14.2 Å². The molecule has 0 aromatic rings. The average Bonchev–Trinajstić information content (AvgIpc) is 3.41. The molecule has 0 fully saturated rings. The van der Waals surface area contributed by atoms with Crippen LogP contribution in [0.15, 0.2) is 134 Å². The molecule has 0 radical (unpaired) electrons. The molecule has 0 saturated carbocycles. The summed E-state index contributed by atoms with van der Waals surface area (Å²) in [5.74, 6) is -0.940. The van der Waals surface area contributed by atoms with Crippen molar-refractivity contribution < 1.29 is 28.6 Å². The van der Waals surface area contributed by atoms with Crippen LogP contribution in [0.25, 0.3) is 0 Å². The van der Waals surface area contributed by atoms with Gasteiger partial charge in [-0.2, -0.15) is 0 Å². The van der Waals surface area contributed by atoms with Gasteiger partial charge in [0.15, 0.2) is 6.10 Å². The van der Waals surface area contributed by atoms with E-state index in [-0.39, 0.29) is 31.1 Å². The normalized spacial score (nSPS) is 13.1. The lowest BCUT2D eigenvalue weighted by atomic mass is 10.0. The first-order valence-electron chi connectivity index (χ1n) is 30.7. The van der Waals surface area contributed by atoms with E-state index in [2.05, 4.69) is 154 Å². The molecule has 0 heterocycles. The highest BCUT2D eigenvalue weighted by Gasteiger charge is 2.19. The number of carbonyl (C=O) groups excluding carboxylic acids is 3. The Kier molecular flexibility index (Phi) is 58.4. The number of carbonyl (C=O) groups is 3. The molecule has 0 spiro atoms. The predicted octanol–water partition coefficient (Wildman–Crippen LogP) is 21.0. The third-order valence-electron chi connectivity index (χ3n) is 12.6. The van der Waals surface area contributed by atoms with Crippen molar-refractivity contribution in [2.45, 2.75) is 271 Å². The molecule has 0 rings (SSSR count). The van der Waals surface area contributed by atoms with Crippen molar-refractivity contribution in [3.05, 3.63) is 134 Å². The maximum absolute atomic E-state index is 12.9. The first-order chi connectivity index (χ1) is 37.0. The minimum absolute atomic E-state index is 0.0965. The van der Waals surface area contributed by atoms with E-state index in [1.807, 2.05) is 0 Å². The molecule has 0 aromatic heterocycles. The van der Waals surface area contributed by atoms with Crippen molar-refractivity contribution in [3.8, 4) is 0 Å². The van der Waals surface area contributed by atoms with Crippen molar-refractivity contribution in [1.29, 1.82) is 0 Å². The first-order valence-corrected chi connectivity index (χ1v) is 30.7. The third-order valence-corrected chi connectivity index (χ3v) is 12.6. The van der Waals surface area contributed by atoms with Gasteiger partial charge in [-0.1, -0.05) is 251 Å². The molecule has 0 saturated heterocycles. The van der Waals surface area contributed by atoms with Crippen molar-refractivity contribution in [2.75, 3.05) is 13.2 Å². The highest BCUT2D eigenvalue weighted by Crippen LogP contribution is 2.15. The summed E-state index contributed by atoms with van der Waals surface area (Å²) in [7, 11) is 0. The maximum Gasteiger partial charge on any atom is 0.306 e. The van der Waals surface area contributed by atoms with Gasteiger partial charge in [-0.05, 0) is 128 Å². The third kappa shape index (κ3) is 60.3. The van der Waals surface area contributed by atoms with Crippen LogP contribution in [0, 0.1) is 0 Å². The summed E-state index contributed by atoms with van der Waals surface area (Å²) >= 11 is 0. The van der Waals surface area contributed by atoms with Gasteiger partial charge < -0.3 is 14.2 Å². The molecule has 0 bridgehead atoms. The summed E-state index contributed by atoms with van der Waals surface area (Å²) in [5, 5.41) is 0. The Morgan fingerprint density at radius 2 is 0.480 bits per heavy atom. The summed E-state index contributed by atoms with van der Waals surface area (Å²) in [4.78, 5) is 38.2. The van der Waals surface area contributed by atoms with E-state index in [0.717, 1.165) is 141 Å². The largest absolute Gasteiger partial charge is 0.462 e.